The first-order valence-electron chi connectivity index (χ1n) is 7.73. The maximum absolute atomic E-state index is 5.91. The van der Waals surface area contributed by atoms with Crippen LogP contribution in [-0.4, -0.2) is 45.9 Å². The molecule has 0 bridgehead atoms. The lowest BCUT2D eigenvalue weighted by Crippen LogP contribution is -2.41. The summed E-state index contributed by atoms with van der Waals surface area (Å²) < 4.78 is 7.99. The molecule has 5 heteroatoms. The molecule has 0 spiro atoms. The van der Waals surface area contributed by atoms with Gasteiger partial charge in [0.05, 0.1) is 6.61 Å². The lowest BCUT2D eigenvalue weighted by molar-refractivity contribution is -0.0406. The largest absolute Gasteiger partial charge is 0.368 e. The van der Waals surface area contributed by atoms with E-state index in [2.05, 4.69) is 38.7 Å². The Morgan fingerprint density at radius 3 is 3.15 bits per heavy atom. The first-order chi connectivity index (χ1) is 9.86. The van der Waals surface area contributed by atoms with Crippen LogP contribution in [-0.2, 0) is 11.3 Å². The lowest BCUT2D eigenvalue weighted by Gasteiger charge is -2.35. The molecular formula is C15H24N4O. The molecule has 1 aromatic rings. The van der Waals surface area contributed by atoms with Gasteiger partial charge >= 0.3 is 0 Å². The Balaban J connectivity index is 1.60. The van der Waals surface area contributed by atoms with Crippen molar-refractivity contribution in [3.8, 4) is 0 Å². The van der Waals surface area contributed by atoms with Crippen LogP contribution in [0.5, 0.6) is 0 Å². The first kappa shape index (κ1) is 13.8. The normalized spacial score (nSPS) is 27.9. The summed E-state index contributed by atoms with van der Waals surface area (Å²) in [7, 11) is 0. The molecule has 0 N–H and O–H groups in total. The minimum absolute atomic E-state index is 0.0744. The van der Waals surface area contributed by atoms with Gasteiger partial charge in [-0.1, -0.05) is 12.2 Å². The fourth-order valence-corrected chi connectivity index (χ4v) is 3.17. The highest BCUT2D eigenvalue weighted by atomic mass is 16.5. The van der Waals surface area contributed by atoms with Crippen LogP contribution in [0.25, 0.3) is 0 Å². The second-order valence-electron chi connectivity index (χ2n) is 5.74. The summed E-state index contributed by atoms with van der Waals surface area (Å²) in [4.78, 5) is 2.53. The molecule has 1 aliphatic heterocycles. The lowest BCUT2D eigenvalue weighted by atomic mass is 9.93. The van der Waals surface area contributed by atoms with Gasteiger partial charge in [0.15, 0.2) is 5.82 Å². The van der Waals surface area contributed by atoms with E-state index in [0.717, 1.165) is 38.0 Å². The van der Waals surface area contributed by atoms with Crippen molar-refractivity contribution in [3.05, 3.63) is 24.3 Å². The zero-order valence-corrected chi connectivity index (χ0v) is 12.2. The molecule has 3 rings (SSSR count). The molecule has 20 heavy (non-hydrogen) atoms. The number of morpholine rings is 1. The van der Waals surface area contributed by atoms with Crippen LogP contribution < -0.4 is 0 Å². The molecule has 0 amide bonds. The maximum Gasteiger partial charge on any atom is 0.163 e. The summed E-state index contributed by atoms with van der Waals surface area (Å²) in [5.41, 5.74) is 0. The van der Waals surface area contributed by atoms with E-state index < -0.39 is 0 Å². The van der Waals surface area contributed by atoms with Gasteiger partial charge in [-0.3, -0.25) is 4.90 Å². The summed E-state index contributed by atoms with van der Waals surface area (Å²) in [6.45, 7) is 6.97. The van der Waals surface area contributed by atoms with Gasteiger partial charge in [0.25, 0.3) is 0 Å². The third kappa shape index (κ3) is 3.10. The number of hydrogen-bond acceptors (Lipinski definition) is 4. The van der Waals surface area contributed by atoms with Gasteiger partial charge in [-0.25, -0.2) is 0 Å². The predicted octanol–water partition coefficient (Wildman–Crippen LogP) is 2.03. The van der Waals surface area contributed by atoms with Gasteiger partial charge in [0.1, 0.15) is 12.4 Å². The van der Waals surface area contributed by atoms with Gasteiger partial charge in [0, 0.05) is 26.2 Å². The molecule has 1 fully saturated rings. The van der Waals surface area contributed by atoms with Crippen molar-refractivity contribution in [2.24, 2.45) is 5.92 Å². The van der Waals surface area contributed by atoms with Crippen molar-refractivity contribution in [1.82, 2.24) is 19.7 Å². The molecule has 2 aliphatic rings. The number of nitrogens with zero attached hydrogens (tertiary/aromatic N) is 4. The second-order valence-corrected chi connectivity index (χ2v) is 5.74. The number of allylic oxidation sites excluding steroid dienone is 2. The second kappa shape index (κ2) is 6.50. The van der Waals surface area contributed by atoms with E-state index in [1.807, 2.05) is 0 Å². The van der Waals surface area contributed by atoms with Gasteiger partial charge in [-0.05, 0) is 32.1 Å². The summed E-state index contributed by atoms with van der Waals surface area (Å²) in [5.74, 6) is 1.78. The standard InChI is InChI=1S/C15H24N4O/c1-2-19-12-16-17-15(19)14-11-18(8-9-20-14)10-13-6-4-3-5-7-13/h3-4,12-14H,2,5-11H2,1H3/t13-,14-/m1/s1. The monoisotopic (exact) mass is 276 g/mol. The minimum atomic E-state index is 0.0744. The van der Waals surface area contributed by atoms with Gasteiger partial charge in [-0.15, -0.1) is 10.2 Å². The summed E-state index contributed by atoms with van der Waals surface area (Å²) in [6, 6.07) is 0. The SMILES string of the molecule is CCn1cnnc1[C@H]1CN(C[C@@H]2CC=CCC2)CCO1. The van der Waals surface area contributed by atoms with Crippen molar-refractivity contribution in [3.63, 3.8) is 0 Å². The molecule has 1 aliphatic carbocycles. The van der Waals surface area contributed by atoms with Crippen LogP contribution in [0.2, 0.25) is 0 Å². The Bertz CT molecular complexity index is 456. The highest BCUT2D eigenvalue weighted by Gasteiger charge is 2.27. The van der Waals surface area contributed by atoms with Crippen LogP contribution in [0.1, 0.15) is 38.1 Å². The Labute approximate surface area is 120 Å². The van der Waals surface area contributed by atoms with E-state index >= 15 is 0 Å². The van der Waals surface area contributed by atoms with Crippen molar-refractivity contribution in [2.45, 2.75) is 38.8 Å². The summed E-state index contributed by atoms with van der Waals surface area (Å²) in [5, 5.41) is 8.26. The average Bonchev–Trinajstić information content (AvgIpc) is 2.97. The molecule has 5 nitrogen and oxygen atoms in total. The molecular weight excluding hydrogens is 252 g/mol. The zero-order chi connectivity index (χ0) is 13.8. The van der Waals surface area contributed by atoms with Crippen LogP contribution in [0, 0.1) is 5.92 Å². The maximum atomic E-state index is 5.91. The average molecular weight is 276 g/mol. The number of ether oxygens (including phenoxy) is 1. The summed E-state index contributed by atoms with van der Waals surface area (Å²) in [6.07, 6.45) is 10.3. The topological polar surface area (TPSA) is 43.2 Å². The third-order valence-corrected chi connectivity index (χ3v) is 4.32. The van der Waals surface area contributed by atoms with E-state index in [-0.39, 0.29) is 6.10 Å². The van der Waals surface area contributed by atoms with E-state index in [9.17, 15) is 0 Å². The molecule has 0 radical (unpaired) electrons. The van der Waals surface area contributed by atoms with E-state index in [4.69, 9.17) is 4.74 Å². The fraction of sp³-hybridized carbons (Fsp3) is 0.733. The van der Waals surface area contributed by atoms with Gasteiger partial charge < -0.3 is 9.30 Å². The molecule has 0 saturated carbocycles. The Hall–Kier alpha value is -1.20. The first-order valence-corrected chi connectivity index (χ1v) is 7.73. The Kier molecular flexibility index (Phi) is 4.47. The highest BCUT2D eigenvalue weighted by Crippen LogP contribution is 2.24. The van der Waals surface area contributed by atoms with E-state index in [0.29, 0.717) is 0 Å². The van der Waals surface area contributed by atoms with Crippen molar-refractivity contribution >= 4 is 0 Å². The Morgan fingerprint density at radius 2 is 2.35 bits per heavy atom. The smallest absolute Gasteiger partial charge is 0.163 e. The Morgan fingerprint density at radius 1 is 1.40 bits per heavy atom. The van der Waals surface area contributed by atoms with E-state index in [1.165, 1.54) is 25.8 Å². The van der Waals surface area contributed by atoms with E-state index in [1.54, 1.807) is 6.33 Å². The predicted molar refractivity (Wildman–Crippen MR) is 77.3 cm³/mol. The van der Waals surface area contributed by atoms with Crippen LogP contribution in [0.3, 0.4) is 0 Å². The minimum Gasteiger partial charge on any atom is -0.368 e. The molecule has 2 heterocycles. The molecule has 0 unspecified atom stereocenters. The molecule has 110 valence electrons. The van der Waals surface area contributed by atoms with Crippen LogP contribution in [0.4, 0.5) is 0 Å². The van der Waals surface area contributed by atoms with Crippen LogP contribution >= 0.6 is 0 Å². The highest BCUT2D eigenvalue weighted by molar-refractivity contribution is 4.96. The molecule has 0 aromatic carbocycles. The number of rotatable bonds is 4. The third-order valence-electron chi connectivity index (χ3n) is 4.32. The quantitative estimate of drug-likeness (QED) is 0.789. The van der Waals surface area contributed by atoms with Crippen molar-refractivity contribution < 1.29 is 4.74 Å². The summed E-state index contributed by atoms with van der Waals surface area (Å²) >= 11 is 0. The van der Waals surface area contributed by atoms with Crippen LogP contribution in [0.15, 0.2) is 18.5 Å². The van der Waals surface area contributed by atoms with Gasteiger partial charge in [0.2, 0.25) is 0 Å². The van der Waals surface area contributed by atoms with Crippen molar-refractivity contribution in [1.29, 1.82) is 0 Å². The van der Waals surface area contributed by atoms with Gasteiger partial charge in [-0.2, -0.15) is 0 Å². The van der Waals surface area contributed by atoms with Crippen molar-refractivity contribution in [2.75, 3.05) is 26.2 Å². The zero-order valence-electron chi connectivity index (χ0n) is 12.2. The number of hydrogen-bond donors (Lipinski definition) is 0. The number of aromatic nitrogens is 3. The molecule has 1 saturated heterocycles. The molecule has 2 atom stereocenters. The molecule has 1 aromatic heterocycles. The number of aryl methyl sites for hydroxylation is 1. The fourth-order valence-electron chi connectivity index (χ4n) is 3.17.